The van der Waals surface area contributed by atoms with Crippen molar-refractivity contribution in [1.82, 2.24) is 0 Å². The third-order valence-electron chi connectivity index (χ3n) is 2.90. The van der Waals surface area contributed by atoms with Crippen LogP contribution in [0.2, 0.25) is 0 Å². The van der Waals surface area contributed by atoms with Crippen LogP contribution < -0.4 is 0 Å². The quantitative estimate of drug-likeness (QED) is 0.464. The van der Waals surface area contributed by atoms with Crippen LogP contribution in [0.4, 0.5) is 0 Å². The van der Waals surface area contributed by atoms with E-state index in [0.717, 1.165) is 0 Å². The molecule has 0 radical (unpaired) electrons. The standard InChI is InChI=1S/C15H12/c1-11-6-9-15-13(10-11)8-7-12-4-2-3-5-14(12)15/h2-10H,1H3/p+1. The van der Waals surface area contributed by atoms with Gasteiger partial charge in [0.05, 0.1) is 0 Å². The van der Waals surface area contributed by atoms with Gasteiger partial charge >= 0.3 is 1.43 Å². The first kappa shape index (κ1) is 8.49. The minimum absolute atomic E-state index is 0. The Morgan fingerprint density at radius 2 is 1.47 bits per heavy atom. The van der Waals surface area contributed by atoms with E-state index in [2.05, 4.69) is 61.5 Å². The lowest BCUT2D eigenvalue weighted by atomic mass is 10.0. The summed E-state index contributed by atoms with van der Waals surface area (Å²) in [6.07, 6.45) is 0. The fourth-order valence-electron chi connectivity index (χ4n) is 2.13. The summed E-state index contributed by atoms with van der Waals surface area (Å²) in [4.78, 5) is 0. The van der Waals surface area contributed by atoms with Crippen molar-refractivity contribution in [2.24, 2.45) is 0 Å². The molecule has 0 heterocycles. The fraction of sp³-hybridized carbons (Fsp3) is 0.0667. The molecule has 72 valence electrons. The van der Waals surface area contributed by atoms with Crippen molar-refractivity contribution in [3.8, 4) is 0 Å². The summed E-state index contributed by atoms with van der Waals surface area (Å²) in [6, 6.07) is 19.6. The Balaban J connectivity index is 0.000000963. The molecule has 0 nitrogen and oxygen atoms in total. The second-order valence-corrected chi connectivity index (χ2v) is 4.01. The Hall–Kier alpha value is -1.82. The lowest BCUT2D eigenvalue weighted by Crippen LogP contribution is -1.78. The number of rotatable bonds is 0. The summed E-state index contributed by atoms with van der Waals surface area (Å²) in [7, 11) is 0. The summed E-state index contributed by atoms with van der Waals surface area (Å²) in [6.45, 7) is 2.13. The predicted octanol–water partition coefficient (Wildman–Crippen LogP) is 4.41. The van der Waals surface area contributed by atoms with E-state index in [-0.39, 0.29) is 1.43 Å². The molecule has 0 aliphatic rings. The molecule has 3 rings (SSSR count). The second kappa shape index (κ2) is 3.09. The monoisotopic (exact) mass is 193 g/mol. The normalized spacial score (nSPS) is 11.0. The van der Waals surface area contributed by atoms with E-state index in [1.807, 2.05) is 0 Å². The Bertz CT molecular complexity index is 641. The predicted molar refractivity (Wildman–Crippen MR) is 67.3 cm³/mol. The largest absolute Gasteiger partial charge is 1.00 e. The Labute approximate surface area is 90.6 Å². The van der Waals surface area contributed by atoms with Gasteiger partial charge < -0.3 is 0 Å². The topological polar surface area (TPSA) is 0 Å². The maximum atomic E-state index is 2.24. The van der Waals surface area contributed by atoms with Crippen molar-refractivity contribution in [3.63, 3.8) is 0 Å². The van der Waals surface area contributed by atoms with Gasteiger partial charge in [-0.1, -0.05) is 60.2 Å². The molecule has 0 unspecified atom stereocenters. The van der Waals surface area contributed by atoms with Crippen LogP contribution in [-0.4, -0.2) is 0 Å². The number of hydrogen-bond donors (Lipinski definition) is 0. The van der Waals surface area contributed by atoms with Crippen molar-refractivity contribution in [2.45, 2.75) is 6.92 Å². The zero-order chi connectivity index (χ0) is 10.3. The van der Waals surface area contributed by atoms with Crippen LogP contribution in [-0.2, 0) is 0 Å². The van der Waals surface area contributed by atoms with Crippen molar-refractivity contribution < 1.29 is 1.43 Å². The second-order valence-electron chi connectivity index (χ2n) is 4.01. The van der Waals surface area contributed by atoms with Crippen LogP contribution in [0.15, 0.2) is 54.6 Å². The highest BCUT2D eigenvalue weighted by molar-refractivity contribution is 6.07. The number of aryl methyl sites for hydroxylation is 1. The highest BCUT2D eigenvalue weighted by atomic mass is 14.0. The molecule has 0 aromatic heterocycles. The highest BCUT2D eigenvalue weighted by Crippen LogP contribution is 2.25. The molecule has 0 saturated heterocycles. The van der Waals surface area contributed by atoms with E-state index in [9.17, 15) is 0 Å². The van der Waals surface area contributed by atoms with E-state index in [0.29, 0.717) is 0 Å². The Kier molecular flexibility index (Phi) is 1.75. The maximum Gasteiger partial charge on any atom is 1.00 e. The van der Waals surface area contributed by atoms with Crippen molar-refractivity contribution >= 4 is 21.5 Å². The zero-order valence-corrected chi connectivity index (χ0v) is 8.70. The van der Waals surface area contributed by atoms with E-state index in [1.165, 1.54) is 27.1 Å². The molecule has 0 N–H and O–H groups in total. The molecule has 0 fully saturated rings. The van der Waals surface area contributed by atoms with Gasteiger partial charge in [-0.05, 0) is 28.5 Å². The molecule has 3 aromatic carbocycles. The molecule has 3 aromatic rings. The number of hydrogen-bond acceptors (Lipinski definition) is 0. The third-order valence-corrected chi connectivity index (χ3v) is 2.90. The van der Waals surface area contributed by atoms with Gasteiger partial charge in [-0.15, -0.1) is 0 Å². The van der Waals surface area contributed by atoms with Gasteiger partial charge in [0.15, 0.2) is 0 Å². The lowest BCUT2D eigenvalue weighted by molar-refractivity contribution is 1.51. The first-order chi connectivity index (χ1) is 7.34. The highest BCUT2D eigenvalue weighted by Gasteiger charge is 1.98. The van der Waals surface area contributed by atoms with Gasteiger partial charge in [-0.3, -0.25) is 0 Å². The fourth-order valence-corrected chi connectivity index (χ4v) is 2.13. The smallest absolute Gasteiger partial charge is 0.0616 e. The molecular weight excluding hydrogens is 180 g/mol. The zero-order valence-electron chi connectivity index (χ0n) is 9.70. The van der Waals surface area contributed by atoms with Crippen LogP contribution in [0.5, 0.6) is 0 Å². The summed E-state index contributed by atoms with van der Waals surface area (Å²) in [5.74, 6) is 0. The Morgan fingerprint density at radius 1 is 0.733 bits per heavy atom. The maximum absolute atomic E-state index is 2.24. The molecule has 0 atom stereocenters. The molecule has 0 bridgehead atoms. The SMILES string of the molecule is Cc1ccc2c(ccc3ccccc32)c1.[H+]. The minimum atomic E-state index is 0. The van der Waals surface area contributed by atoms with E-state index in [4.69, 9.17) is 0 Å². The van der Waals surface area contributed by atoms with Gasteiger partial charge in [0.1, 0.15) is 0 Å². The van der Waals surface area contributed by atoms with Crippen molar-refractivity contribution in [1.29, 1.82) is 0 Å². The minimum Gasteiger partial charge on any atom is -0.0616 e. The number of fused-ring (bicyclic) bond motifs is 3. The first-order valence-electron chi connectivity index (χ1n) is 5.23. The van der Waals surface area contributed by atoms with Crippen LogP contribution in [0, 0.1) is 6.92 Å². The molecule has 0 spiro atoms. The van der Waals surface area contributed by atoms with Gasteiger partial charge in [0.2, 0.25) is 0 Å². The summed E-state index contributed by atoms with van der Waals surface area (Å²) < 4.78 is 0. The van der Waals surface area contributed by atoms with Gasteiger partial charge in [0, 0.05) is 0 Å². The van der Waals surface area contributed by atoms with Gasteiger partial charge in [-0.25, -0.2) is 0 Å². The van der Waals surface area contributed by atoms with Crippen LogP contribution >= 0.6 is 0 Å². The molecule has 0 saturated carbocycles. The molecule has 0 aliphatic heterocycles. The molecule has 0 amide bonds. The summed E-state index contributed by atoms with van der Waals surface area (Å²) in [5, 5.41) is 5.33. The molecule has 15 heavy (non-hydrogen) atoms. The number of benzene rings is 3. The average molecular weight is 193 g/mol. The van der Waals surface area contributed by atoms with Crippen molar-refractivity contribution in [3.05, 3.63) is 60.2 Å². The average Bonchev–Trinajstić information content (AvgIpc) is 2.28. The third kappa shape index (κ3) is 1.30. The van der Waals surface area contributed by atoms with E-state index < -0.39 is 0 Å². The lowest BCUT2D eigenvalue weighted by Gasteiger charge is -2.04. The molecule has 0 heteroatoms. The summed E-state index contributed by atoms with van der Waals surface area (Å²) >= 11 is 0. The molecule has 0 aliphatic carbocycles. The van der Waals surface area contributed by atoms with Crippen molar-refractivity contribution in [2.75, 3.05) is 0 Å². The van der Waals surface area contributed by atoms with Gasteiger partial charge in [-0.2, -0.15) is 0 Å². The molecular formula is C15H13+. The van der Waals surface area contributed by atoms with E-state index in [1.54, 1.807) is 0 Å². The van der Waals surface area contributed by atoms with Crippen LogP contribution in [0.3, 0.4) is 0 Å². The van der Waals surface area contributed by atoms with Gasteiger partial charge in [0.25, 0.3) is 0 Å². The van der Waals surface area contributed by atoms with Crippen LogP contribution in [0.1, 0.15) is 6.99 Å². The van der Waals surface area contributed by atoms with Crippen LogP contribution in [0.25, 0.3) is 21.5 Å². The Morgan fingerprint density at radius 3 is 2.40 bits per heavy atom. The summed E-state index contributed by atoms with van der Waals surface area (Å²) in [5.41, 5.74) is 1.32. The first-order valence-corrected chi connectivity index (χ1v) is 5.23. The van der Waals surface area contributed by atoms with E-state index >= 15 is 0 Å².